The molecule has 2 N–H and O–H groups in total. The molecular weight excluding hydrogens is 536 g/mol. The minimum atomic E-state index is -0.921. The SMILES string of the molecule is C=CCOC(=O)N1C[C@@H](SC(c2ccccc2)(c2ccccc2)c2ccccc2)C[C@H]1C(CC(=O)OCC)C(N)=O. The summed E-state index contributed by atoms with van der Waals surface area (Å²) in [6.07, 6.45) is 1.15. The van der Waals surface area contributed by atoms with E-state index in [0.29, 0.717) is 13.0 Å². The van der Waals surface area contributed by atoms with Crippen LogP contribution < -0.4 is 5.73 Å². The third-order valence-corrected chi connectivity index (χ3v) is 9.01. The summed E-state index contributed by atoms with van der Waals surface area (Å²) in [6.45, 7) is 5.86. The maximum absolute atomic E-state index is 13.3. The van der Waals surface area contributed by atoms with Crippen molar-refractivity contribution in [2.75, 3.05) is 19.8 Å². The fourth-order valence-corrected chi connectivity index (χ4v) is 7.36. The van der Waals surface area contributed by atoms with Crippen LogP contribution in [0.15, 0.2) is 104 Å². The summed E-state index contributed by atoms with van der Waals surface area (Å²) in [7, 11) is 0. The van der Waals surface area contributed by atoms with Gasteiger partial charge in [0.15, 0.2) is 0 Å². The van der Waals surface area contributed by atoms with Crippen LogP contribution in [-0.4, -0.2) is 53.9 Å². The van der Waals surface area contributed by atoms with Crippen molar-refractivity contribution in [2.45, 2.75) is 35.8 Å². The number of nitrogens with two attached hydrogens (primary N) is 1. The molecule has 1 saturated heterocycles. The number of ether oxygens (including phenoxy) is 2. The van der Waals surface area contributed by atoms with Gasteiger partial charge in [-0.05, 0) is 30.0 Å². The van der Waals surface area contributed by atoms with Gasteiger partial charge >= 0.3 is 12.1 Å². The maximum Gasteiger partial charge on any atom is 0.410 e. The molecule has 41 heavy (non-hydrogen) atoms. The van der Waals surface area contributed by atoms with E-state index in [4.69, 9.17) is 15.2 Å². The maximum atomic E-state index is 13.3. The molecule has 0 aliphatic carbocycles. The molecule has 0 spiro atoms. The molecule has 1 aliphatic rings. The van der Waals surface area contributed by atoms with Gasteiger partial charge in [-0.25, -0.2) is 4.79 Å². The highest BCUT2D eigenvalue weighted by molar-refractivity contribution is 8.01. The van der Waals surface area contributed by atoms with Crippen molar-refractivity contribution in [1.29, 1.82) is 0 Å². The molecule has 0 aromatic heterocycles. The molecule has 1 unspecified atom stereocenters. The van der Waals surface area contributed by atoms with E-state index in [2.05, 4.69) is 43.0 Å². The Morgan fingerprint density at radius 1 is 0.951 bits per heavy atom. The van der Waals surface area contributed by atoms with Crippen molar-refractivity contribution in [3.05, 3.63) is 120 Å². The van der Waals surface area contributed by atoms with Gasteiger partial charge in [-0.3, -0.25) is 9.59 Å². The third-order valence-electron chi connectivity index (χ3n) is 7.27. The van der Waals surface area contributed by atoms with Crippen LogP contribution in [0.5, 0.6) is 0 Å². The number of amides is 2. The van der Waals surface area contributed by atoms with Gasteiger partial charge in [0.1, 0.15) is 6.61 Å². The number of likely N-dealkylation sites (tertiary alicyclic amines) is 1. The number of hydrogen-bond acceptors (Lipinski definition) is 6. The highest BCUT2D eigenvalue weighted by atomic mass is 32.2. The van der Waals surface area contributed by atoms with Gasteiger partial charge in [0.05, 0.1) is 23.7 Å². The molecule has 214 valence electrons. The van der Waals surface area contributed by atoms with Gasteiger partial charge in [-0.15, -0.1) is 11.8 Å². The van der Waals surface area contributed by atoms with Crippen molar-refractivity contribution in [3.8, 4) is 0 Å². The number of rotatable bonds is 12. The Balaban J connectivity index is 1.78. The second-order valence-corrected chi connectivity index (χ2v) is 11.4. The van der Waals surface area contributed by atoms with E-state index in [1.54, 1.807) is 23.6 Å². The first-order chi connectivity index (χ1) is 19.9. The first-order valence-electron chi connectivity index (χ1n) is 13.7. The zero-order valence-electron chi connectivity index (χ0n) is 23.2. The Morgan fingerprint density at radius 2 is 1.46 bits per heavy atom. The predicted octanol–water partition coefficient (Wildman–Crippen LogP) is 5.53. The average Bonchev–Trinajstić information content (AvgIpc) is 3.42. The van der Waals surface area contributed by atoms with E-state index < -0.39 is 34.7 Å². The van der Waals surface area contributed by atoms with Crippen LogP contribution in [0.4, 0.5) is 4.79 Å². The molecule has 8 heteroatoms. The average molecular weight is 573 g/mol. The number of benzene rings is 3. The number of esters is 1. The molecule has 0 saturated carbocycles. The quantitative estimate of drug-likeness (QED) is 0.174. The fourth-order valence-electron chi connectivity index (χ4n) is 5.51. The van der Waals surface area contributed by atoms with Gasteiger partial charge in [-0.1, -0.05) is 104 Å². The number of hydrogen-bond donors (Lipinski definition) is 1. The van der Waals surface area contributed by atoms with Gasteiger partial charge < -0.3 is 20.1 Å². The Kier molecular flexibility index (Phi) is 10.2. The summed E-state index contributed by atoms with van der Waals surface area (Å²) in [5.41, 5.74) is 9.08. The minimum absolute atomic E-state index is 0.0287. The second kappa shape index (κ2) is 14.0. The standard InChI is InChI=1S/C33H36N2O5S/c1-3-20-40-32(38)35-23-27(21-29(35)28(31(34)37)22-30(36)39-4-2)41-33(24-14-8-5-9-15-24,25-16-10-6-11-17-25)26-18-12-7-13-19-26/h3,5-19,27-29H,1,4,20-23H2,2H3,(H2,34,37)/t27-,28?,29-/m0/s1. The van der Waals surface area contributed by atoms with Gasteiger partial charge in [0.25, 0.3) is 0 Å². The summed E-state index contributed by atoms with van der Waals surface area (Å²) < 4.78 is 9.91. The Morgan fingerprint density at radius 3 is 1.90 bits per heavy atom. The van der Waals surface area contributed by atoms with Crippen LogP contribution in [0.25, 0.3) is 0 Å². The van der Waals surface area contributed by atoms with E-state index in [9.17, 15) is 14.4 Å². The lowest BCUT2D eigenvalue weighted by molar-refractivity contribution is -0.146. The van der Waals surface area contributed by atoms with Gasteiger partial charge in [0.2, 0.25) is 5.91 Å². The Labute approximate surface area is 245 Å². The summed E-state index contributed by atoms with van der Waals surface area (Å²) in [5.74, 6) is -2.11. The number of thioether (sulfide) groups is 1. The van der Waals surface area contributed by atoms with E-state index in [-0.39, 0.29) is 24.9 Å². The number of nitrogens with zero attached hydrogens (tertiary/aromatic N) is 1. The molecule has 0 radical (unpaired) electrons. The van der Waals surface area contributed by atoms with E-state index in [1.165, 1.54) is 6.08 Å². The van der Waals surface area contributed by atoms with Crippen molar-refractivity contribution in [2.24, 2.45) is 11.7 Å². The van der Waals surface area contributed by atoms with Crippen LogP contribution >= 0.6 is 11.8 Å². The topological polar surface area (TPSA) is 98.9 Å². The van der Waals surface area contributed by atoms with Crippen LogP contribution in [0, 0.1) is 5.92 Å². The molecular formula is C33H36N2O5S. The smallest absolute Gasteiger partial charge is 0.410 e. The number of primary amides is 1. The van der Waals surface area contributed by atoms with Crippen LogP contribution in [0.2, 0.25) is 0 Å². The van der Waals surface area contributed by atoms with Crippen LogP contribution in [0.1, 0.15) is 36.5 Å². The highest BCUT2D eigenvalue weighted by Crippen LogP contribution is 2.52. The molecule has 1 heterocycles. The Bertz CT molecular complexity index is 1220. The monoisotopic (exact) mass is 572 g/mol. The lowest BCUT2D eigenvalue weighted by Crippen LogP contribution is -2.46. The van der Waals surface area contributed by atoms with E-state index in [1.807, 2.05) is 54.6 Å². The number of carbonyl (C=O) groups is 3. The zero-order valence-corrected chi connectivity index (χ0v) is 24.0. The van der Waals surface area contributed by atoms with Crippen molar-refractivity contribution >= 4 is 29.7 Å². The molecule has 1 fully saturated rings. The minimum Gasteiger partial charge on any atom is -0.466 e. The summed E-state index contributed by atoms with van der Waals surface area (Å²) in [6, 6.07) is 30.2. The normalized spacial score (nSPS) is 17.4. The molecule has 3 aromatic carbocycles. The van der Waals surface area contributed by atoms with Crippen LogP contribution in [-0.2, 0) is 23.8 Å². The summed E-state index contributed by atoms with van der Waals surface area (Å²) in [5, 5.41) is -0.124. The first-order valence-corrected chi connectivity index (χ1v) is 14.6. The molecule has 3 aromatic rings. The van der Waals surface area contributed by atoms with Crippen molar-refractivity contribution in [1.82, 2.24) is 4.90 Å². The number of carbonyl (C=O) groups excluding carboxylic acids is 3. The predicted molar refractivity (Wildman–Crippen MR) is 161 cm³/mol. The summed E-state index contributed by atoms with van der Waals surface area (Å²) in [4.78, 5) is 39.9. The molecule has 3 atom stereocenters. The van der Waals surface area contributed by atoms with Gasteiger partial charge in [-0.2, -0.15) is 0 Å². The third kappa shape index (κ3) is 6.82. The molecule has 4 rings (SSSR count). The van der Waals surface area contributed by atoms with Crippen LogP contribution in [0.3, 0.4) is 0 Å². The summed E-state index contributed by atoms with van der Waals surface area (Å²) >= 11 is 1.73. The first kappa shape index (κ1) is 29.9. The molecule has 0 bridgehead atoms. The van der Waals surface area contributed by atoms with Crippen molar-refractivity contribution in [3.63, 3.8) is 0 Å². The fraction of sp³-hybridized carbons (Fsp3) is 0.303. The second-order valence-electron chi connectivity index (χ2n) is 9.86. The largest absolute Gasteiger partial charge is 0.466 e. The van der Waals surface area contributed by atoms with E-state index >= 15 is 0 Å². The lowest BCUT2D eigenvalue weighted by atomic mass is 9.84. The van der Waals surface area contributed by atoms with Crippen molar-refractivity contribution < 1.29 is 23.9 Å². The molecule has 2 amide bonds. The van der Waals surface area contributed by atoms with E-state index in [0.717, 1.165) is 16.7 Å². The zero-order chi connectivity index (χ0) is 29.2. The molecule has 1 aliphatic heterocycles. The Hall–Kier alpha value is -4.04. The van der Waals surface area contributed by atoms with Gasteiger partial charge in [0, 0.05) is 17.8 Å². The molecule has 7 nitrogen and oxygen atoms in total. The highest BCUT2D eigenvalue weighted by Gasteiger charge is 2.48. The lowest BCUT2D eigenvalue weighted by Gasteiger charge is -2.37.